The first-order chi connectivity index (χ1) is 5.95. The number of nitrogens with two attached hydrogens (primary N) is 1. The van der Waals surface area contributed by atoms with Crippen LogP contribution >= 0.6 is 0 Å². The van der Waals surface area contributed by atoms with E-state index in [0.29, 0.717) is 0 Å². The zero-order chi connectivity index (χ0) is 10.4. The second-order valence-corrected chi connectivity index (χ2v) is 2.59. The molecule has 0 fully saturated rings. The van der Waals surface area contributed by atoms with E-state index in [1.165, 1.54) is 0 Å². The highest BCUT2D eigenvalue weighted by atomic mass is 16.4. The minimum absolute atomic E-state index is 0.0110. The number of carboxylic acids is 2. The molecule has 0 saturated heterocycles. The highest BCUT2D eigenvalue weighted by Gasteiger charge is 2.24. The van der Waals surface area contributed by atoms with E-state index in [9.17, 15) is 14.4 Å². The average molecular weight is 189 g/mol. The van der Waals surface area contributed by atoms with Crippen molar-refractivity contribution in [3.63, 3.8) is 0 Å². The van der Waals surface area contributed by atoms with Crippen LogP contribution < -0.4 is 5.73 Å². The lowest BCUT2D eigenvalue weighted by molar-refractivity contribution is -0.155. The normalized spacial score (nSPS) is 9.92. The fraction of sp³-hybridized carbons (Fsp3) is 0.571. The van der Waals surface area contributed by atoms with Crippen LogP contribution in [-0.2, 0) is 14.4 Å². The summed E-state index contributed by atoms with van der Waals surface area (Å²) in [6.45, 7) is 0. The van der Waals surface area contributed by atoms with Crippen LogP contribution in [0.5, 0.6) is 0 Å². The number of carbonyl (C=O) groups excluding carboxylic acids is 1. The molecule has 6 nitrogen and oxygen atoms in total. The number of hydrogen-bond donors (Lipinski definition) is 3. The van der Waals surface area contributed by atoms with E-state index in [1.54, 1.807) is 0 Å². The summed E-state index contributed by atoms with van der Waals surface area (Å²) in [5, 5.41) is 16.8. The molecule has 0 aromatic carbocycles. The molecule has 0 rings (SSSR count). The van der Waals surface area contributed by atoms with E-state index in [-0.39, 0.29) is 19.3 Å². The minimum atomic E-state index is -1.45. The number of carboxylic acid groups (broad SMARTS) is 2. The molecule has 0 aliphatic rings. The molecular weight excluding hydrogens is 178 g/mol. The summed E-state index contributed by atoms with van der Waals surface area (Å²) < 4.78 is 0. The van der Waals surface area contributed by atoms with Gasteiger partial charge in [-0.05, 0) is 12.8 Å². The van der Waals surface area contributed by atoms with Crippen molar-refractivity contribution in [2.75, 3.05) is 0 Å². The lowest BCUT2D eigenvalue weighted by Gasteiger charge is -2.04. The third-order valence-corrected chi connectivity index (χ3v) is 1.51. The molecule has 1 amide bonds. The lowest BCUT2D eigenvalue weighted by Crippen LogP contribution is -2.23. The Morgan fingerprint density at radius 3 is 1.92 bits per heavy atom. The van der Waals surface area contributed by atoms with Gasteiger partial charge >= 0.3 is 11.9 Å². The Labute approximate surface area is 74.3 Å². The number of primary amides is 1. The average Bonchev–Trinajstić information content (AvgIpc) is 1.95. The first-order valence-electron chi connectivity index (χ1n) is 3.69. The molecule has 0 heterocycles. The molecule has 0 atom stereocenters. The molecular formula is C7H11NO5. The van der Waals surface area contributed by atoms with Gasteiger partial charge in [0.05, 0.1) is 0 Å². The Hall–Kier alpha value is -1.59. The van der Waals surface area contributed by atoms with Gasteiger partial charge in [-0.1, -0.05) is 0 Å². The molecule has 0 spiro atoms. The Kier molecular flexibility index (Phi) is 4.50. The first-order valence-corrected chi connectivity index (χ1v) is 3.69. The number of carbonyl (C=O) groups is 3. The van der Waals surface area contributed by atoms with Gasteiger partial charge in [0.2, 0.25) is 5.91 Å². The second kappa shape index (κ2) is 5.13. The minimum Gasteiger partial charge on any atom is -0.481 e. The molecule has 0 bridgehead atoms. The van der Waals surface area contributed by atoms with Gasteiger partial charge in [-0.3, -0.25) is 14.4 Å². The Bertz CT molecular complexity index is 211. The smallest absolute Gasteiger partial charge is 0.317 e. The largest absolute Gasteiger partial charge is 0.481 e. The third kappa shape index (κ3) is 4.78. The van der Waals surface area contributed by atoms with Gasteiger partial charge in [0, 0.05) is 6.42 Å². The quantitative estimate of drug-likeness (QED) is 0.483. The van der Waals surface area contributed by atoms with Crippen molar-refractivity contribution in [2.45, 2.75) is 19.3 Å². The maximum Gasteiger partial charge on any atom is 0.317 e. The van der Waals surface area contributed by atoms with Crippen LogP contribution in [0.2, 0.25) is 0 Å². The molecule has 13 heavy (non-hydrogen) atoms. The van der Waals surface area contributed by atoms with E-state index in [0.717, 1.165) is 0 Å². The van der Waals surface area contributed by atoms with Crippen molar-refractivity contribution in [3.8, 4) is 0 Å². The summed E-state index contributed by atoms with van der Waals surface area (Å²) >= 11 is 0. The zero-order valence-corrected chi connectivity index (χ0v) is 6.90. The van der Waals surface area contributed by atoms with Crippen molar-refractivity contribution < 1.29 is 24.6 Å². The Balaban J connectivity index is 3.91. The van der Waals surface area contributed by atoms with Crippen molar-refractivity contribution in [1.29, 1.82) is 0 Å². The molecule has 0 aromatic heterocycles. The zero-order valence-electron chi connectivity index (χ0n) is 6.90. The SMILES string of the molecule is NC(=O)CCCC(C(=O)O)C(=O)O. The number of amides is 1. The second-order valence-electron chi connectivity index (χ2n) is 2.59. The van der Waals surface area contributed by atoms with Crippen molar-refractivity contribution in [1.82, 2.24) is 0 Å². The fourth-order valence-corrected chi connectivity index (χ4v) is 0.833. The van der Waals surface area contributed by atoms with Crippen LogP contribution in [0.1, 0.15) is 19.3 Å². The number of aliphatic carboxylic acids is 2. The maximum atomic E-state index is 10.3. The van der Waals surface area contributed by atoms with Gasteiger partial charge in [0.1, 0.15) is 0 Å². The molecule has 74 valence electrons. The van der Waals surface area contributed by atoms with Crippen LogP contribution in [0, 0.1) is 5.92 Å². The summed E-state index contributed by atoms with van der Waals surface area (Å²) in [4.78, 5) is 30.9. The van der Waals surface area contributed by atoms with Crippen LogP contribution in [0.4, 0.5) is 0 Å². The molecule has 0 aliphatic heterocycles. The summed E-state index contributed by atoms with van der Waals surface area (Å²) in [5.74, 6) is -4.79. The molecule has 6 heteroatoms. The highest BCUT2D eigenvalue weighted by molar-refractivity contribution is 5.92. The molecule has 4 N–H and O–H groups in total. The Morgan fingerprint density at radius 1 is 1.15 bits per heavy atom. The van der Waals surface area contributed by atoms with Crippen molar-refractivity contribution >= 4 is 17.8 Å². The molecule has 0 unspecified atom stereocenters. The lowest BCUT2D eigenvalue weighted by atomic mass is 10.0. The molecule has 0 aliphatic carbocycles. The third-order valence-electron chi connectivity index (χ3n) is 1.51. The fourth-order valence-electron chi connectivity index (χ4n) is 0.833. The summed E-state index contributed by atoms with van der Waals surface area (Å²) in [6.07, 6.45) is 0.114. The van der Waals surface area contributed by atoms with Gasteiger partial charge in [-0.2, -0.15) is 0 Å². The van der Waals surface area contributed by atoms with Gasteiger partial charge < -0.3 is 15.9 Å². The van der Waals surface area contributed by atoms with Crippen LogP contribution in [-0.4, -0.2) is 28.1 Å². The van der Waals surface area contributed by atoms with Crippen LogP contribution in [0.25, 0.3) is 0 Å². The van der Waals surface area contributed by atoms with Crippen LogP contribution in [0.3, 0.4) is 0 Å². The van der Waals surface area contributed by atoms with Crippen molar-refractivity contribution in [2.24, 2.45) is 11.7 Å². The molecule has 0 aromatic rings. The summed E-state index contributed by atoms with van der Waals surface area (Å²) in [6, 6.07) is 0. The van der Waals surface area contributed by atoms with Gasteiger partial charge in [0.15, 0.2) is 5.92 Å². The standard InChI is InChI=1S/C7H11NO5/c8-5(9)3-1-2-4(6(10)11)7(12)13/h4H,1-3H2,(H2,8,9)(H,10,11)(H,12,13). The summed E-state index contributed by atoms with van der Waals surface area (Å²) in [7, 11) is 0. The first kappa shape index (κ1) is 11.4. The molecule has 0 radical (unpaired) electrons. The van der Waals surface area contributed by atoms with E-state index >= 15 is 0 Å². The molecule has 0 saturated carbocycles. The van der Waals surface area contributed by atoms with E-state index in [1.807, 2.05) is 0 Å². The highest BCUT2D eigenvalue weighted by Crippen LogP contribution is 2.08. The topological polar surface area (TPSA) is 118 Å². The Morgan fingerprint density at radius 2 is 1.62 bits per heavy atom. The van der Waals surface area contributed by atoms with Crippen LogP contribution in [0.15, 0.2) is 0 Å². The van der Waals surface area contributed by atoms with Gasteiger partial charge in [0.25, 0.3) is 0 Å². The van der Waals surface area contributed by atoms with E-state index in [4.69, 9.17) is 15.9 Å². The summed E-state index contributed by atoms with van der Waals surface area (Å²) in [5.41, 5.74) is 4.80. The van der Waals surface area contributed by atoms with Gasteiger partial charge in [-0.25, -0.2) is 0 Å². The van der Waals surface area contributed by atoms with Gasteiger partial charge in [-0.15, -0.1) is 0 Å². The van der Waals surface area contributed by atoms with Crippen molar-refractivity contribution in [3.05, 3.63) is 0 Å². The predicted molar refractivity (Wildman–Crippen MR) is 41.8 cm³/mol. The van der Waals surface area contributed by atoms with E-state index in [2.05, 4.69) is 0 Å². The maximum absolute atomic E-state index is 10.3. The predicted octanol–water partition coefficient (Wildman–Crippen LogP) is -0.573. The van der Waals surface area contributed by atoms with E-state index < -0.39 is 23.8 Å². The monoisotopic (exact) mass is 189 g/mol. The number of rotatable bonds is 6. The number of hydrogen-bond acceptors (Lipinski definition) is 3.